The van der Waals surface area contributed by atoms with Crippen molar-refractivity contribution in [2.24, 2.45) is 0 Å². The molecule has 0 aliphatic carbocycles. The molecule has 0 aromatic heterocycles. The number of aryl methyl sites for hydroxylation is 1. The van der Waals surface area contributed by atoms with Crippen LogP contribution in [0.15, 0.2) is 91.5 Å². The van der Waals surface area contributed by atoms with Crippen LogP contribution < -0.4 is 14.2 Å². The number of phenolic OH excluding ortho intramolecular Hbond substituents is 1. The zero-order chi connectivity index (χ0) is 33.1. The maximum absolute atomic E-state index is 12.4. The third-order valence-electron chi connectivity index (χ3n) is 5.94. The predicted molar refractivity (Wildman–Crippen MR) is 172 cm³/mol. The highest BCUT2D eigenvalue weighted by Gasteiger charge is 2.09. The van der Waals surface area contributed by atoms with Gasteiger partial charge in [-0.15, -0.1) is 0 Å². The second-order valence-corrected chi connectivity index (χ2v) is 9.38. The molecule has 3 rings (SSSR count). The summed E-state index contributed by atoms with van der Waals surface area (Å²) in [5, 5.41) is 25.8. The van der Waals surface area contributed by atoms with Crippen molar-refractivity contribution in [1.82, 2.24) is 0 Å². The molecule has 0 bridgehead atoms. The number of carbonyl (C=O) groups excluding carboxylic acids is 2. The van der Waals surface area contributed by atoms with Gasteiger partial charge in [0.25, 0.3) is 0 Å². The highest BCUT2D eigenvalue weighted by molar-refractivity contribution is 5.72. The third kappa shape index (κ3) is 17.4. The second-order valence-electron chi connectivity index (χ2n) is 9.38. The number of halogens is 1. The first-order chi connectivity index (χ1) is 21.9. The van der Waals surface area contributed by atoms with Gasteiger partial charge in [-0.2, -0.15) is 0 Å². The number of allylic oxidation sites excluding steroid dienone is 1. The van der Waals surface area contributed by atoms with E-state index in [-0.39, 0.29) is 37.8 Å². The Morgan fingerprint density at radius 2 is 1.31 bits per heavy atom. The van der Waals surface area contributed by atoms with Crippen LogP contribution in [0, 0.1) is 0 Å². The molecule has 0 fully saturated rings. The average molecular weight is 627 g/mol. The van der Waals surface area contributed by atoms with Crippen LogP contribution in [0.5, 0.6) is 23.0 Å². The molecule has 3 aromatic rings. The van der Waals surface area contributed by atoms with Gasteiger partial charge in [-0.3, -0.25) is 19.2 Å². The van der Waals surface area contributed by atoms with Crippen molar-refractivity contribution in [2.75, 3.05) is 39.7 Å². The van der Waals surface area contributed by atoms with Crippen molar-refractivity contribution >= 4 is 12.6 Å². The number of aldehydes is 2. The first-order valence-corrected chi connectivity index (χ1v) is 14.4. The van der Waals surface area contributed by atoms with Crippen LogP contribution in [-0.2, 0) is 20.9 Å². The molecular weight excluding hydrogens is 583 g/mol. The van der Waals surface area contributed by atoms with Gasteiger partial charge >= 0.3 is 0 Å². The van der Waals surface area contributed by atoms with Gasteiger partial charge in [-0.25, -0.2) is 4.89 Å². The molecule has 0 aliphatic rings. The molecule has 3 aromatic carbocycles. The summed E-state index contributed by atoms with van der Waals surface area (Å²) in [5.41, 5.74) is 3.57. The summed E-state index contributed by atoms with van der Waals surface area (Å²) in [5.74, 6) is 2.34. The van der Waals surface area contributed by atoms with Crippen molar-refractivity contribution in [3.05, 3.63) is 97.1 Å². The highest BCUT2D eigenvalue weighted by atomic mass is 19.1. The number of unbranched alkanes of at least 4 members (excludes halogenated alkanes) is 3. The van der Waals surface area contributed by atoms with Crippen molar-refractivity contribution in [1.29, 1.82) is 0 Å². The van der Waals surface area contributed by atoms with Crippen LogP contribution in [-0.4, -0.2) is 67.8 Å². The van der Waals surface area contributed by atoms with Gasteiger partial charge in [0.15, 0.2) is 0 Å². The Balaban J connectivity index is 0.000000878. The Bertz CT molecular complexity index is 1240. The number of hydrogen-bond acceptors (Lipinski definition) is 9. The van der Waals surface area contributed by atoms with E-state index in [2.05, 4.69) is 30.2 Å². The standard InChI is InChI=1S/C28H33FO6.C4H6O2.C3H4O/c29-16-4-2-1-3-5-23-21-27(34-18-17-32-26-12-8-24(30)9-13-26)14-15-28(23)22-6-10-25(11-7-22)33-19-20-35-31;1-4(2-5)3-6;1-2-3-4/h6-15,21,30-31H,1-5,16-20H2;2,6H,1,3H2;2-3H,1H2. The number of rotatable bonds is 19. The van der Waals surface area contributed by atoms with Crippen LogP contribution in [0.4, 0.5) is 4.39 Å². The molecule has 9 nitrogen and oxygen atoms in total. The minimum Gasteiger partial charge on any atom is -0.508 e. The number of phenols is 1. The minimum absolute atomic E-state index is 0.107. The zero-order valence-corrected chi connectivity index (χ0v) is 25.4. The van der Waals surface area contributed by atoms with E-state index >= 15 is 0 Å². The van der Waals surface area contributed by atoms with Crippen molar-refractivity contribution in [3.8, 4) is 34.1 Å². The third-order valence-corrected chi connectivity index (χ3v) is 5.94. The molecule has 0 aliphatic heterocycles. The number of benzene rings is 3. The largest absolute Gasteiger partial charge is 0.508 e. The summed E-state index contributed by atoms with van der Waals surface area (Å²) < 4.78 is 29.5. The van der Waals surface area contributed by atoms with Crippen LogP contribution >= 0.6 is 0 Å². The fourth-order valence-electron chi connectivity index (χ4n) is 3.74. The normalized spacial score (nSPS) is 9.84. The summed E-state index contributed by atoms with van der Waals surface area (Å²) in [6, 6.07) is 20.4. The molecule has 0 spiro atoms. The number of aliphatic hydroxyl groups is 1. The van der Waals surface area contributed by atoms with Crippen molar-refractivity contribution in [3.63, 3.8) is 0 Å². The molecule has 244 valence electrons. The molecule has 0 atom stereocenters. The number of aromatic hydroxyl groups is 1. The van der Waals surface area contributed by atoms with Gasteiger partial charge in [-0.1, -0.05) is 44.2 Å². The lowest BCUT2D eigenvalue weighted by Gasteiger charge is -2.14. The monoisotopic (exact) mass is 626 g/mol. The lowest BCUT2D eigenvalue weighted by Crippen LogP contribution is -2.09. The van der Waals surface area contributed by atoms with E-state index < -0.39 is 0 Å². The fourth-order valence-corrected chi connectivity index (χ4v) is 3.74. The van der Waals surface area contributed by atoms with Crippen molar-refractivity contribution < 1.29 is 48.5 Å². The molecule has 3 N–H and O–H groups in total. The molecule has 0 radical (unpaired) electrons. The first-order valence-electron chi connectivity index (χ1n) is 14.4. The maximum atomic E-state index is 12.4. The number of ether oxygens (including phenoxy) is 3. The lowest BCUT2D eigenvalue weighted by atomic mass is 9.95. The topological polar surface area (TPSA) is 132 Å². The van der Waals surface area contributed by atoms with E-state index in [0.717, 1.165) is 42.6 Å². The van der Waals surface area contributed by atoms with Crippen LogP contribution in [0.3, 0.4) is 0 Å². The van der Waals surface area contributed by atoms with Crippen LogP contribution in [0.25, 0.3) is 11.1 Å². The molecule has 10 heteroatoms. The van der Waals surface area contributed by atoms with E-state index in [9.17, 15) is 14.3 Å². The fraction of sp³-hybridized carbons (Fsp3) is 0.314. The Hall–Kier alpha value is -4.51. The van der Waals surface area contributed by atoms with Gasteiger partial charge in [0.2, 0.25) is 0 Å². The quantitative estimate of drug-likeness (QED) is 0.0445. The second kappa shape index (κ2) is 24.9. The van der Waals surface area contributed by atoms with Gasteiger partial charge in [-0.05, 0) is 90.6 Å². The summed E-state index contributed by atoms with van der Waals surface area (Å²) in [4.78, 5) is 22.6. The molecular formula is C35H43FO9. The SMILES string of the molecule is C=C(C=O)CO.C=CC=O.OOCCOc1ccc(-c2ccc(OCCOc3ccc(O)cc3)cc2CCCCCCF)cc1. The van der Waals surface area contributed by atoms with Gasteiger partial charge in [0.05, 0.1) is 13.3 Å². The summed E-state index contributed by atoms with van der Waals surface area (Å²) in [6.07, 6.45) is 6.69. The van der Waals surface area contributed by atoms with E-state index in [0.29, 0.717) is 43.7 Å². The van der Waals surface area contributed by atoms with E-state index in [4.69, 9.17) is 29.4 Å². The molecule has 0 saturated carbocycles. The number of alkyl halides is 1. The molecule has 0 heterocycles. The van der Waals surface area contributed by atoms with Gasteiger partial charge in [0, 0.05) is 5.57 Å². The smallest absolute Gasteiger partial charge is 0.147 e. The average Bonchev–Trinajstić information content (AvgIpc) is 3.08. The van der Waals surface area contributed by atoms with E-state index in [1.807, 2.05) is 30.3 Å². The van der Waals surface area contributed by atoms with Crippen LogP contribution in [0.1, 0.15) is 31.2 Å². The van der Waals surface area contributed by atoms with Crippen molar-refractivity contribution in [2.45, 2.75) is 32.1 Å². The summed E-state index contributed by atoms with van der Waals surface area (Å²) in [7, 11) is 0. The molecule has 0 unspecified atom stereocenters. The Morgan fingerprint density at radius 1 is 0.778 bits per heavy atom. The number of carbonyl (C=O) groups is 2. The molecule has 0 amide bonds. The highest BCUT2D eigenvalue weighted by Crippen LogP contribution is 2.30. The number of hydrogen-bond donors (Lipinski definition) is 3. The van der Waals surface area contributed by atoms with Gasteiger partial charge in [0.1, 0.15) is 62.0 Å². The van der Waals surface area contributed by atoms with E-state index in [1.165, 1.54) is 11.6 Å². The molecule has 0 saturated heterocycles. The van der Waals surface area contributed by atoms with Crippen LogP contribution in [0.2, 0.25) is 0 Å². The lowest BCUT2D eigenvalue weighted by molar-refractivity contribution is -0.245. The summed E-state index contributed by atoms with van der Waals surface area (Å²) >= 11 is 0. The predicted octanol–water partition coefficient (Wildman–Crippen LogP) is 6.56. The number of aliphatic hydroxyl groups excluding tert-OH is 1. The first kappa shape index (κ1) is 38.5. The summed E-state index contributed by atoms with van der Waals surface area (Å²) in [6.45, 7) is 6.93. The zero-order valence-electron chi connectivity index (χ0n) is 25.4. The Morgan fingerprint density at radius 3 is 1.82 bits per heavy atom. The van der Waals surface area contributed by atoms with Gasteiger partial charge < -0.3 is 24.4 Å². The minimum atomic E-state index is -0.264. The molecule has 45 heavy (non-hydrogen) atoms. The Kier molecular flexibility index (Phi) is 21.3. The maximum Gasteiger partial charge on any atom is 0.147 e. The van der Waals surface area contributed by atoms with E-state index in [1.54, 1.807) is 24.3 Å². The Labute approximate surface area is 264 Å².